The van der Waals surface area contributed by atoms with Gasteiger partial charge < -0.3 is 14.1 Å². The van der Waals surface area contributed by atoms with E-state index in [1.807, 2.05) is 49.4 Å². The zero-order valence-corrected chi connectivity index (χ0v) is 12.8. The zero-order valence-electron chi connectivity index (χ0n) is 12.8. The first-order chi connectivity index (χ1) is 10.7. The van der Waals surface area contributed by atoms with E-state index >= 15 is 0 Å². The van der Waals surface area contributed by atoms with Crippen LogP contribution in [0.25, 0.3) is 0 Å². The minimum atomic E-state index is -0.0841. The van der Waals surface area contributed by atoms with Crippen LogP contribution < -0.4 is 4.90 Å². The van der Waals surface area contributed by atoms with Gasteiger partial charge in [0.15, 0.2) is 5.88 Å². The third-order valence-electron chi connectivity index (χ3n) is 4.09. The van der Waals surface area contributed by atoms with Crippen molar-refractivity contribution in [2.45, 2.75) is 26.4 Å². The van der Waals surface area contributed by atoms with Crippen molar-refractivity contribution < 1.29 is 13.9 Å². The molecule has 0 saturated carbocycles. The molecule has 0 spiro atoms. The first-order valence-electron chi connectivity index (χ1n) is 7.74. The highest BCUT2D eigenvalue weighted by molar-refractivity contribution is 5.72. The Morgan fingerprint density at radius 3 is 2.55 bits per heavy atom. The summed E-state index contributed by atoms with van der Waals surface area (Å²) >= 11 is 0. The van der Waals surface area contributed by atoms with E-state index in [4.69, 9.17) is 9.15 Å². The Morgan fingerprint density at radius 2 is 1.91 bits per heavy atom. The molecule has 4 heteroatoms. The van der Waals surface area contributed by atoms with Gasteiger partial charge in [-0.05, 0) is 31.4 Å². The number of hydrogen-bond donors (Lipinski definition) is 0. The lowest BCUT2D eigenvalue weighted by atomic mass is 9.97. The number of rotatable bonds is 4. The number of anilines is 1. The predicted molar refractivity (Wildman–Crippen MR) is 84.6 cm³/mol. The lowest BCUT2D eigenvalue weighted by molar-refractivity contribution is -0.150. The van der Waals surface area contributed by atoms with Gasteiger partial charge in [-0.25, -0.2) is 0 Å². The van der Waals surface area contributed by atoms with Gasteiger partial charge >= 0.3 is 5.97 Å². The molecule has 0 amide bonds. The van der Waals surface area contributed by atoms with Crippen molar-refractivity contribution in [1.82, 2.24) is 0 Å². The molecule has 1 fully saturated rings. The van der Waals surface area contributed by atoms with Crippen LogP contribution in [0.1, 0.15) is 24.2 Å². The van der Waals surface area contributed by atoms with Crippen molar-refractivity contribution >= 4 is 11.9 Å². The van der Waals surface area contributed by atoms with Crippen LogP contribution in [0.4, 0.5) is 5.88 Å². The molecule has 4 nitrogen and oxygen atoms in total. The van der Waals surface area contributed by atoms with Crippen molar-refractivity contribution in [1.29, 1.82) is 0 Å². The predicted octanol–water partition coefficient (Wildman–Crippen LogP) is 3.55. The third-order valence-corrected chi connectivity index (χ3v) is 4.09. The van der Waals surface area contributed by atoms with E-state index in [0.717, 1.165) is 43.1 Å². The maximum Gasteiger partial charge on any atom is 0.309 e. The topological polar surface area (TPSA) is 42.7 Å². The lowest BCUT2D eigenvalue weighted by Crippen LogP contribution is -2.36. The maximum absolute atomic E-state index is 12.2. The molecule has 1 aromatic heterocycles. The van der Waals surface area contributed by atoms with Crippen LogP contribution in [0.3, 0.4) is 0 Å². The van der Waals surface area contributed by atoms with Crippen LogP contribution in [-0.4, -0.2) is 19.1 Å². The largest absolute Gasteiger partial charge is 0.461 e. The highest BCUT2D eigenvalue weighted by Gasteiger charge is 2.27. The summed E-state index contributed by atoms with van der Waals surface area (Å²) in [7, 11) is 0. The van der Waals surface area contributed by atoms with E-state index < -0.39 is 0 Å². The standard InChI is InChI=1S/C18H21NO3/c1-14-7-8-17(22-14)19-11-9-16(10-12-19)18(20)21-13-15-5-3-2-4-6-15/h2-8,16H,9-13H2,1H3. The van der Waals surface area contributed by atoms with E-state index in [1.165, 1.54) is 0 Å². The normalized spacial score (nSPS) is 15.8. The molecule has 0 aliphatic carbocycles. The molecule has 1 saturated heterocycles. The Balaban J connectivity index is 1.47. The van der Waals surface area contributed by atoms with E-state index in [0.29, 0.717) is 6.61 Å². The van der Waals surface area contributed by atoms with E-state index in [9.17, 15) is 4.79 Å². The summed E-state index contributed by atoms with van der Waals surface area (Å²) in [5.74, 6) is 1.73. The van der Waals surface area contributed by atoms with E-state index in [2.05, 4.69) is 4.90 Å². The molecule has 1 aliphatic heterocycles. The molecular formula is C18H21NO3. The number of aryl methyl sites for hydroxylation is 1. The van der Waals surface area contributed by atoms with Gasteiger partial charge in [-0.1, -0.05) is 30.3 Å². The molecular weight excluding hydrogens is 278 g/mol. The highest BCUT2D eigenvalue weighted by atomic mass is 16.5. The molecule has 0 atom stereocenters. The van der Waals surface area contributed by atoms with Crippen LogP contribution in [0.2, 0.25) is 0 Å². The number of hydrogen-bond acceptors (Lipinski definition) is 4. The number of piperidine rings is 1. The summed E-state index contributed by atoms with van der Waals surface area (Å²) in [5, 5.41) is 0. The Hall–Kier alpha value is -2.23. The second-order valence-electron chi connectivity index (χ2n) is 5.74. The van der Waals surface area contributed by atoms with Crippen LogP contribution in [0, 0.1) is 12.8 Å². The fourth-order valence-electron chi connectivity index (χ4n) is 2.77. The number of benzene rings is 1. The highest BCUT2D eigenvalue weighted by Crippen LogP contribution is 2.25. The first kappa shape index (κ1) is 14.7. The average Bonchev–Trinajstić information content (AvgIpc) is 3.00. The first-order valence-corrected chi connectivity index (χ1v) is 7.74. The number of nitrogens with zero attached hydrogens (tertiary/aromatic N) is 1. The number of carbonyl (C=O) groups is 1. The Morgan fingerprint density at radius 1 is 1.18 bits per heavy atom. The number of ether oxygens (including phenoxy) is 1. The van der Waals surface area contributed by atoms with Crippen LogP contribution >= 0.6 is 0 Å². The van der Waals surface area contributed by atoms with Crippen LogP contribution in [-0.2, 0) is 16.1 Å². The Labute approximate surface area is 130 Å². The summed E-state index contributed by atoms with van der Waals surface area (Å²) in [6.45, 7) is 3.96. The molecule has 3 rings (SSSR count). The molecule has 0 radical (unpaired) electrons. The summed E-state index contributed by atoms with van der Waals surface area (Å²) in [4.78, 5) is 14.3. The van der Waals surface area contributed by atoms with Crippen LogP contribution in [0.15, 0.2) is 46.9 Å². The summed E-state index contributed by atoms with van der Waals surface area (Å²) < 4.78 is 11.1. The Bertz CT molecular complexity index is 612. The van der Waals surface area contributed by atoms with Crippen molar-refractivity contribution in [2.75, 3.05) is 18.0 Å². The molecule has 1 aliphatic rings. The fraction of sp³-hybridized carbons (Fsp3) is 0.389. The van der Waals surface area contributed by atoms with Gasteiger partial charge in [0, 0.05) is 19.2 Å². The molecule has 1 aromatic carbocycles. The average molecular weight is 299 g/mol. The van der Waals surface area contributed by atoms with Gasteiger partial charge in [0.2, 0.25) is 0 Å². The molecule has 0 N–H and O–H groups in total. The van der Waals surface area contributed by atoms with Gasteiger partial charge in [0.1, 0.15) is 12.4 Å². The monoisotopic (exact) mass is 299 g/mol. The third kappa shape index (κ3) is 3.50. The maximum atomic E-state index is 12.2. The number of furan rings is 1. The van der Waals surface area contributed by atoms with Gasteiger partial charge in [-0.3, -0.25) is 4.79 Å². The SMILES string of the molecule is Cc1ccc(N2CCC(C(=O)OCc3ccccc3)CC2)o1. The molecule has 2 aromatic rings. The minimum absolute atomic E-state index is 0.00368. The van der Waals surface area contributed by atoms with Gasteiger partial charge in [-0.15, -0.1) is 0 Å². The molecule has 2 heterocycles. The number of carbonyl (C=O) groups excluding carboxylic acids is 1. The smallest absolute Gasteiger partial charge is 0.309 e. The second-order valence-corrected chi connectivity index (χ2v) is 5.74. The van der Waals surface area contributed by atoms with Crippen molar-refractivity contribution in [2.24, 2.45) is 5.92 Å². The summed E-state index contributed by atoms with van der Waals surface area (Å²) in [5.41, 5.74) is 1.03. The minimum Gasteiger partial charge on any atom is -0.461 e. The quantitative estimate of drug-likeness (QED) is 0.810. The van der Waals surface area contributed by atoms with Crippen LogP contribution in [0.5, 0.6) is 0 Å². The van der Waals surface area contributed by atoms with Gasteiger partial charge in [0.05, 0.1) is 5.92 Å². The van der Waals surface area contributed by atoms with Crippen molar-refractivity contribution in [3.8, 4) is 0 Å². The van der Waals surface area contributed by atoms with E-state index in [1.54, 1.807) is 0 Å². The lowest BCUT2D eigenvalue weighted by Gasteiger charge is -2.30. The summed E-state index contributed by atoms with van der Waals surface area (Å²) in [6, 6.07) is 13.8. The van der Waals surface area contributed by atoms with Crippen molar-refractivity contribution in [3.63, 3.8) is 0 Å². The van der Waals surface area contributed by atoms with Gasteiger partial charge in [0.25, 0.3) is 0 Å². The fourth-order valence-corrected chi connectivity index (χ4v) is 2.77. The molecule has 22 heavy (non-hydrogen) atoms. The van der Waals surface area contributed by atoms with E-state index in [-0.39, 0.29) is 11.9 Å². The molecule has 0 bridgehead atoms. The van der Waals surface area contributed by atoms with Gasteiger partial charge in [-0.2, -0.15) is 0 Å². The number of esters is 1. The second kappa shape index (κ2) is 6.69. The molecule has 0 unspecified atom stereocenters. The van der Waals surface area contributed by atoms with Crippen molar-refractivity contribution in [3.05, 3.63) is 53.8 Å². The Kier molecular flexibility index (Phi) is 4.47. The zero-order chi connectivity index (χ0) is 15.4. The summed E-state index contributed by atoms with van der Waals surface area (Å²) in [6.07, 6.45) is 1.63. The molecule has 116 valence electrons.